The van der Waals surface area contributed by atoms with E-state index in [1.54, 1.807) is 28.1 Å². The molecule has 0 atom stereocenters. The number of carbonyl (C=O) groups excluding carboxylic acids is 1. The molecule has 2 rings (SSSR count). The molecule has 102 valence electrons. The number of hydrogen-bond donors (Lipinski definition) is 1. The van der Waals surface area contributed by atoms with Gasteiger partial charge in [-0.25, -0.2) is 0 Å². The summed E-state index contributed by atoms with van der Waals surface area (Å²) in [5.41, 5.74) is 6.54. The van der Waals surface area contributed by atoms with E-state index in [0.29, 0.717) is 31.0 Å². The average molecular weight is 262 g/mol. The monoisotopic (exact) mass is 262 g/mol. The van der Waals surface area contributed by atoms with Gasteiger partial charge in [0.05, 0.1) is 18.5 Å². The van der Waals surface area contributed by atoms with Crippen molar-refractivity contribution < 1.29 is 9.21 Å². The Hall–Kier alpha value is -2.24. The minimum absolute atomic E-state index is 0.177. The van der Waals surface area contributed by atoms with Crippen LogP contribution in [0.3, 0.4) is 0 Å². The number of amides is 1. The molecule has 2 heterocycles. The van der Waals surface area contributed by atoms with E-state index in [-0.39, 0.29) is 5.91 Å². The van der Waals surface area contributed by atoms with Gasteiger partial charge < -0.3 is 15.1 Å². The number of aromatic nitrogens is 2. The first-order valence-corrected chi connectivity index (χ1v) is 6.30. The fourth-order valence-electron chi connectivity index (χ4n) is 1.83. The number of nitrogens with two attached hydrogens (primary N) is 1. The number of nitrogens with zero attached hydrogens (tertiary/aromatic N) is 3. The van der Waals surface area contributed by atoms with Crippen molar-refractivity contribution in [2.75, 3.05) is 12.3 Å². The van der Waals surface area contributed by atoms with Crippen molar-refractivity contribution in [3.05, 3.63) is 36.0 Å². The summed E-state index contributed by atoms with van der Waals surface area (Å²) in [6.45, 7) is 5.52. The lowest BCUT2D eigenvalue weighted by molar-refractivity contribution is 0.0735. The molecule has 0 aromatic carbocycles. The number of hydrogen-bond acceptors (Lipinski definition) is 4. The molecule has 0 fully saturated rings. The second-order valence-electron chi connectivity index (χ2n) is 4.19. The second kappa shape index (κ2) is 5.60. The smallest absolute Gasteiger partial charge is 0.276 e. The third-order valence-corrected chi connectivity index (χ3v) is 2.91. The summed E-state index contributed by atoms with van der Waals surface area (Å²) in [5, 5.41) is 4.20. The molecule has 0 saturated heterocycles. The van der Waals surface area contributed by atoms with Crippen molar-refractivity contribution in [3.63, 3.8) is 0 Å². The number of carbonyl (C=O) groups is 1. The molecule has 0 unspecified atom stereocenters. The highest BCUT2D eigenvalue weighted by molar-refractivity contribution is 5.96. The maximum absolute atomic E-state index is 12.4. The van der Waals surface area contributed by atoms with Crippen molar-refractivity contribution >= 4 is 11.6 Å². The normalized spacial score (nSPS) is 10.6. The standard InChI is InChI=1S/C13H18N4O2/c1-3-16(8-10-6-5-7-19-10)13(18)12-11(14)9-17(4-2)15-12/h5-7,9H,3-4,8,14H2,1-2H3. The van der Waals surface area contributed by atoms with Crippen LogP contribution in [0.2, 0.25) is 0 Å². The van der Waals surface area contributed by atoms with E-state index in [2.05, 4.69) is 5.10 Å². The van der Waals surface area contributed by atoms with E-state index in [1.807, 2.05) is 19.9 Å². The molecule has 0 aliphatic heterocycles. The Labute approximate surface area is 111 Å². The summed E-state index contributed by atoms with van der Waals surface area (Å²) in [6, 6.07) is 3.64. The zero-order valence-electron chi connectivity index (χ0n) is 11.2. The molecule has 0 aliphatic rings. The van der Waals surface area contributed by atoms with E-state index in [0.717, 1.165) is 5.76 Å². The Morgan fingerprint density at radius 1 is 1.53 bits per heavy atom. The van der Waals surface area contributed by atoms with Gasteiger partial charge in [-0.2, -0.15) is 5.10 Å². The molecule has 0 spiro atoms. The van der Waals surface area contributed by atoms with Crippen LogP contribution in [0.4, 0.5) is 5.69 Å². The van der Waals surface area contributed by atoms with E-state index in [9.17, 15) is 4.79 Å². The first kappa shape index (κ1) is 13.2. The maximum atomic E-state index is 12.4. The summed E-state index contributed by atoms with van der Waals surface area (Å²) >= 11 is 0. The largest absolute Gasteiger partial charge is 0.467 e. The van der Waals surface area contributed by atoms with Gasteiger partial charge in [0.25, 0.3) is 5.91 Å². The van der Waals surface area contributed by atoms with E-state index < -0.39 is 0 Å². The molecule has 19 heavy (non-hydrogen) atoms. The van der Waals surface area contributed by atoms with E-state index >= 15 is 0 Å². The van der Waals surface area contributed by atoms with Crippen LogP contribution in [-0.4, -0.2) is 27.1 Å². The highest BCUT2D eigenvalue weighted by Crippen LogP contribution is 2.14. The Bertz CT molecular complexity index is 545. The zero-order valence-corrected chi connectivity index (χ0v) is 11.2. The molecule has 0 bridgehead atoms. The number of rotatable bonds is 5. The highest BCUT2D eigenvalue weighted by Gasteiger charge is 2.21. The molecule has 2 aromatic rings. The van der Waals surface area contributed by atoms with E-state index in [4.69, 9.17) is 10.2 Å². The van der Waals surface area contributed by atoms with Gasteiger partial charge >= 0.3 is 0 Å². The molecule has 0 radical (unpaired) electrons. The highest BCUT2D eigenvalue weighted by atomic mass is 16.3. The molecular weight excluding hydrogens is 244 g/mol. The Morgan fingerprint density at radius 3 is 2.84 bits per heavy atom. The second-order valence-corrected chi connectivity index (χ2v) is 4.19. The Morgan fingerprint density at radius 2 is 2.32 bits per heavy atom. The minimum Gasteiger partial charge on any atom is -0.467 e. The topological polar surface area (TPSA) is 77.3 Å². The maximum Gasteiger partial charge on any atom is 0.276 e. The fraction of sp³-hybridized carbons (Fsp3) is 0.385. The van der Waals surface area contributed by atoms with Crippen LogP contribution >= 0.6 is 0 Å². The fourth-order valence-corrected chi connectivity index (χ4v) is 1.83. The van der Waals surface area contributed by atoms with Crippen molar-refractivity contribution in [1.29, 1.82) is 0 Å². The van der Waals surface area contributed by atoms with Crippen LogP contribution in [0.1, 0.15) is 30.1 Å². The van der Waals surface area contributed by atoms with Crippen molar-refractivity contribution in [2.24, 2.45) is 0 Å². The summed E-state index contributed by atoms with van der Waals surface area (Å²) in [6.07, 6.45) is 3.27. The number of aryl methyl sites for hydroxylation is 1. The van der Waals surface area contributed by atoms with Gasteiger partial charge in [-0.3, -0.25) is 9.48 Å². The molecular formula is C13H18N4O2. The van der Waals surface area contributed by atoms with Gasteiger partial charge in [0, 0.05) is 19.3 Å². The average Bonchev–Trinajstić information content (AvgIpc) is 3.04. The summed E-state index contributed by atoms with van der Waals surface area (Å²) in [4.78, 5) is 14.0. The van der Waals surface area contributed by atoms with Crippen LogP contribution in [0.5, 0.6) is 0 Å². The van der Waals surface area contributed by atoms with Crippen LogP contribution < -0.4 is 5.73 Å². The molecule has 1 amide bonds. The van der Waals surface area contributed by atoms with Crippen molar-refractivity contribution in [2.45, 2.75) is 26.9 Å². The van der Waals surface area contributed by atoms with Crippen LogP contribution in [-0.2, 0) is 13.1 Å². The van der Waals surface area contributed by atoms with Gasteiger partial charge in [-0.15, -0.1) is 0 Å². The van der Waals surface area contributed by atoms with E-state index in [1.165, 1.54) is 0 Å². The molecule has 2 N–H and O–H groups in total. The number of furan rings is 1. The first-order valence-electron chi connectivity index (χ1n) is 6.30. The zero-order chi connectivity index (χ0) is 13.8. The lowest BCUT2D eigenvalue weighted by Gasteiger charge is -2.18. The Kier molecular flexibility index (Phi) is 3.89. The number of anilines is 1. The molecule has 2 aromatic heterocycles. The predicted molar refractivity (Wildman–Crippen MR) is 71.4 cm³/mol. The minimum atomic E-state index is -0.177. The number of nitrogen functional groups attached to an aromatic ring is 1. The van der Waals surface area contributed by atoms with Gasteiger partial charge in [0.2, 0.25) is 0 Å². The van der Waals surface area contributed by atoms with Gasteiger partial charge in [0.1, 0.15) is 5.76 Å². The van der Waals surface area contributed by atoms with Crippen molar-refractivity contribution in [3.8, 4) is 0 Å². The van der Waals surface area contributed by atoms with Gasteiger partial charge in [-0.05, 0) is 26.0 Å². The Balaban J connectivity index is 2.17. The summed E-state index contributed by atoms with van der Waals surface area (Å²) in [5.74, 6) is 0.562. The van der Waals surface area contributed by atoms with Crippen molar-refractivity contribution in [1.82, 2.24) is 14.7 Å². The van der Waals surface area contributed by atoms with Crippen LogP contribution in [0, 0.1) is 0 Å². The third kappa shape index (κ3) is 2.78. The third-order valence-electron chi connectivity index (χ3n) is 2.91. The lowest BCUT2D eigenvalue weighted by atomic mass is 10.3. The molecule has 6 nitrogen and oxygen atoms in total. The first-order chi connectivity index (χ1) is 9.15. The lowest BCUT2D eigenvalue weighted by Crippen LogP contribution is -2.31. The van der Waals surface area contributed by atoms with Crippen LogP contribution in [0.15, 0.2) is 29.0 Å². The van der Waals surface area contributed by atoms with Gasteiger partial charge in [-0.1, -0.05) is 0 Å². The van der Waals surface area contributed by atoms with Gasteiger partial charge in [0.15, 0.2) is 5.69 Å². The summed E-state index contributed by atoms with van der Waals surface area (Å²) < 4.78 is 6.91. The quantitative estimate of drug-likeness (QED) is 0.890. The SMILES string of the molecule is CCN(Cc1ccco1)C(=O)c1nn(CC)cc1N. The van der Waals surface area contributed by atoms with Crippen LogP contribution in [0.25, 0.3) is 0 Å². The molecule has 6 heteroatoms. The summed E-state index contributed by atoms with van der Waals surface area (Å²) in [7, 11) is 0. The predicted octanol–water partition coefficient (Wildman–Crippen LogP) is 1.74. The molecule has 0 saturated carbocycles. The molecule has 0 aliphatic carbocycles.